The van der Waals surface area contributed by atoms with E-state index >= 15 is 0 Å². The van der Waals surface area contributed by atoms with Crippen molar-refractivity contribution in [3.8, 4) is 0 Å². The number of likely N-dealkylation sites (tertiary alicyclic amines) is 1. The highest BCUT2D eigenvalue weighted by Crippen LogP contribution is 2.36. The number of hydrogen-bond donors (Lipinski definition) is 1. The van der Waals surface area contributed by atoms with Crippen LogP contribution in [0.3, 0.4) is 0 Å². The van der Waals surface area contributed by atoms with E-state index in [4.69, 9.17) is 0 Å². The van der Waals surface area contributed by atoms with Crippen LogP contribution in [0.2, 0.25) is 0 Å². The molecule has 0 radical (unpaired) electrons. The second-order valence-corrected chi connectivity index (χ2v) is 6.68. The first-order chi connectivity index (χ1) is 9.85. The fraction of sp³-hybridized carbons (Fsp3) is 0.667. The Labute approximate surface area is 123 Å². The molecule has 2 heteroatoms. The molecule has 0 spiro atoms. The summed E-state index contributed by atoms with van der Waals surface area (Å²) >= 11 is 0. The van der Waals surface area contributed by atoms with Gasteiger partial charge in [0.05, 0.1) is 0 Å². The van der Waals surface area contributed by atoms with E-state index in [9.17, 15) is 0 Å². The summed E-state index contributed by atoms with van der Waals surface area (Å²) < 4.78 is 0. The van der Waals surface area contributed by atoms with Gasteiger partial charge in [-0.05, 0) is 49.4 Å². The van der Waals surface area contributed by atoms with Crippen LogP contribution < -0.4 is 5.32 Å². The Morgan fingerprint density at radius 1 is 1.10 bits per heavy atom. The lowest BCUT2D eigenvalue weighted by molar-refractivity contribution is 0.0820. The number of rotatable bonds is 4. The maximum atomic E-state index is 3.24. The Bertz CT molecular complexity index is 429. The second-order valence-electron chi connectivity index (χ2n) is 6.68. The summed E-state index contributed by atoms with van der Waals surface area (Å²) in [5.74, 6) is 2.02. The lowest BCUT2D eigenvalue weighted by Gasteiger charge is -2.41. The Balaban J connectivity index is 1.59. The number of nitrogens with zero attached hydrogens (tertiary/aromatic N) is 1. The molecule has 1 saturated heterocycles. The molecule has 1 heterocycles. The van der Waals surface area contributed by atoms with E-state index in [0.717, 1.165) is 24.9 Å². The molecule has 1 saturated carbocycles. The molecule has 110 valence electrons. The van der Waals surface area contributed by atoms with Crippen LogP contribution in [0.1, 0.15) is 43.2 Å². The Kier molecular flexibility index (Phi) is 4.74. The van der Waals surface area contributed by atoms with Crippen LogP contribution in [-0.2, 0) is 13.1 Å². The summed E-state index contributed by atoms with van der Waals surface area (Å²) in [7, 11) is 2.01. The summed E-state index contributed by atoms with van der Waals surface area (Å²) in [4.78, 5) is 2.69. The van der Waals surface area contributed by atoms with Crippen LogP contribution in [0.25, 0.3) is 0 Å². The smallest absolute Gasteiger partial charge is 0.0233 e. The van der Waals surface area contributed by atoms with Crippen LogP contribution in [0.5, 0.6) is 0 Å². The summed E-state index contributed by atoms with van der Waals surface area (Å²) in [5.41, 5.74) is 2.88. The van der Waals surface area contributed by atoms with Gasteiger partial charge in [-0.25, -0.2) is 0 Å². The normalized spacial score (nSPS) is 27.2. The van der Waals surface area contributed by atoms with Crippen molar-refractivity contribution in [1.29, 1.82) is 0 Å². The lowest BCUT2D eigenvalue weighted by atomic mass is 9.75. The molecule has 2 unspecified atom stereocenters. The van der Waals surface area contributed by atoms with Gasteiger partial charge < -0.3 is 5.32 Å². The maximum absolute atomic E-state index is 3.24. The van der Waals surface area contributed by atoms with Crippen LogP contribution in [-0.4, -0.2) is 25.0 Å². The lowest BCUT2D eigenvalue weighted by Crippen LogP contribution is -2.41. The topological polar surface area (TPSA) is 15.3 Å². The Morgan fingerprint density at radius 3 is 2.75 bits per heavy atom. The van der Waals surface area contributed by atoms with Gasteiger partial charge in [0.25, 0.3) is 0 Å². The number of fused-ring (bicyclic) bond motifs is 1. The highest BCUT2D eigenvalue weighted by atomic mass is 15.1. The molecule has 1 aliphatic heterocycles. The number of piperidine rings is 1. The van der Waals surface area contributed by atoms with E-state index in [-0.39, 0.29) is 0 Å². The zero-order valence-corrected chi connectivity index (χ0v) is 12.8. The summed E-state index contributed by atoms with van der Waals surface area (Å²) in [6.07, 6.45) is 7.35. The van der Waals surface area contributed by atoms with Crippen molar-refractivity contribution in [2.45, 2.75) is 45.2 Å². The molecule has 1 aliphatic carbocycles. The van der Waals surface area contributed by atoms with Gasteiger partial charge in [0, 0.05) is 19.6 Å². The molecule has 3 rings (SSSR count). The molecular weight excluding hydrogens is 244 g/mol. The number of nitrogens with one attached hydrogen (secondary N) is 1. The van der Waals surface area contributed by atoms with E-state index in [1.165, 1.54) is 56.3 Å². The molecule has 2 atom stereocenters. The third-order valence-electron chi connectivity index (χ3n) is 5.15. The molecule has 20 heavy (non-hydrogen) atoms. The van der Waals surface area contributed by atoms with Crippen molar-refractivity contribution in [2.24, 2.45) is 11.8 Å². The van der Waals surface area contributed by atoms with Gasteiger partial charge in [-0.3, -0.25) is 4.90 Å². The zero-order chi connectivity index (χ0) is 13.8. The van der Waals surface area contributed by atoms with Gasteiger partial charge in [0.1, 0.15) is 0 Å². The van der Waals surface area contributed by atoms with E-state index in [1.807, 2.05) is 7.05 Å². The highest BCUT2D eigenvalue weighted by molar-refractivity contribution is 5.23. The van der Waals surface area contributed by atoms with Crippen LogP contribution in [0.4, 0.5) is 0 Å². The van der Waals surface area contributed by atoms with Gasteiger partial charge in [-0.2, -0.15) is 0 Å². The molecule has 0 aromatic heterocycles. The SMILES string of the molecule is CNCc1cccc(CN2CCC3CCCCC3C2)c1. The minimum atomic E-state index is 0.971. The quantitative estimate of drug-likeness (QED) is 0.903. The van der Waals surface area contributed by atoms with Crippen molar-refractivity contribution in [3.63, 3.8) is 0 Å². The van der Waals surface area contributed by atoms with Crippen molar-refractivity contribution in [3.05, 3.63) is 35.4 Å². The molecule has 2 nitrogen and oxygen atoms in total. The molecule has 2 aliphatic rings. The van der Waals surface area contributed by atoms with E-state index < -0.39 is 0 Å². The molecule has 1 N–H and O–H groups in total. The second kappa shape index (κ2) is 6.73. The molecular formula is C18H28N2. The average molecular weight is 272 g/mol. The van der Waals surface area contributed by atoms with Crippen molar-refractivity contribution >= 4 is 0 Å². The molecule has 1 aromatic rings. The minimum Gasteiger partial charge on any atom is -0.316 e. The molecule has 2 fully saturated rings. The average Bonchev–Trinajstić information content (AvgIpc) is 2.48. The third-order valence-corrected chi connectivity index (χ3v) is 5.15. The van der Waals surface area contributed by atoms with Crippen molar-refractivity contribution in [2.75, 3.05) is 20.1 Å². The van der Waals surface area contributed by atoms with Crippen LogP contribution in [0.15, 0.2) is 24.3 Å². The van der Waals surface area contributed by atoms with Gasteiger partial charge >= 0.3 is 0 Å². The molecule has 0 bridgehead atoms. The fourth-order valence-corrected chi connectivity index (χ4v) is 4.12. The Hall–Kier alpha value is -0.860. The Morgan fingerprint density at radius 2 is 1.90 bits per heavy atom. The molecule has 0 amide bonds. The van der Waals surface area contributed by atoms with E-state index in [0.29, 0.717) is 0 Å². The van der Waals surface area contributed by atoms with Gasteiger partial charge in [-0.15, -0.1) is 0 Å². The van der Waals surface area contributed by atoms with Gasteiger partial charge in [-0.1, -0.05) is 43.5 Å². The zero-order valence-electron chi connectivity index (χ0n) is 12.8. The van der Waals surface area contributed by atoms with Gasteiger partial charge in [0.2, 0.25) is 0 Å². The first-order valence-electron chi connectivity index (χ1n) is 8.30. The highest BCUT2D eigenvalue weighted by Gasteiger charge is 2.30. The largest absolute Gasteiger partial charge is 0.316 e. The van der Waals surface area contributed by atoms with Gasteiger partial charge in [0.15, 0.2) is 0 Å². The standard InChI is InChI=1S/C18H28N2/c1-19-12-15-5-4-6-16(11-15)13-20-10-9-17-7-2-3-8-18(17)14-20/h4-6,11,17-19H,2-3,7-10,12-14H2,1H3. The minimum absolute atomic E-state index is 0.971. The van der Waals surface area contributed by atoms with E-state index in [1.54, 1.807) is 0 Å². The van der Waals surface area contributed by atoms with Crippen molar-refractivity contribution in [1.82, 2.24) is 10.2 Å². The maximum Gasteiger partial charge on any atom is 0.0233 e. The van der Waals surface area contributed by atoms with Crippen LogP contribution >= 0.6 is 0 Å². The predicted molar refractivity (Wildman–Crippen MR) is 84.5 cm³/mol. The third kappa shape index (κ3) is 3.42. The van der Waals surface area contributed by atoms with Crippen LogP contribution in [0, 0.1) is 11.8 Å². The molecule has 1 aromatic carbocycles. The first-order valence-corrected chi connectivity index (χ1v) is 8.30. The first kappa shape index (κ1) is 14.1. The summed E-state index contributed by atoms with van der Waals surface area (Å²) in [6, 6.07) is 9.07. The number of benzene rings is 1. The van der Waals surface area contributed by atoms with Crippen molar-refractivity contribution < 1.29 is 0 Å². The van der Waals surface area contributed by atoms with E-state index in [2.05, 4.69) is 34.5 Å². The summed E-state index contributed by atoms with van der Waals surface area (Å²) in [6.45, 7) is 4.75. The fourth-order valence-electron chi connectivity index (χ4n) is 4.12. The summed E-state index contributed by atoms with van der Waals surface area (Å²) in [5, 5.41) is 3.24. The monoisotopic (exact) mass is 272 g/mol. The predicted octanol–water partition coefficient (Wildman–Crippen LogP) is 3.42. The number of hydrogen-bond acceptors (Lipinski definition) is 2.